The van der Waals surface area contributed by atoms with Crippen molar-refractivity contribution in [1.82, 2.24) is 10.2 Å². The summed E-state index contributed by atoms with van der Waals surface area (Å²) in [4.78, 5) is 24.5. The van der Waals surface area contributed by atoms with E-state index in [1.807, 2.05) is 0 Å². The molecule has 0 saturated carbocycles. The maximum atomic E-state index is 12.0. The second kappa shape index (κ2) is 6.27. The number of carbonyl (C=O) groups excluding carboxylic acids is 2. The van der Waals surface area contributed by atoms with Gasteiger partial charge in [0, 0.05) is 26.1 Å². The molecular formula is C11H18N2O3. The Bertz CT molecular complexity index is 268. The molecule has 90 valence electrons. The fraction of sp³-hybridized carbons (Fsp3) is 0.636. The highest BCUT2D eigenvalue weighted by Gasteiger charge is 2.27. The van der Waals surface area contributed by atoms with Gasteiger partial charge >= 0.3 is 0 Å². The van der Waals surface area contributed by atoms with Crippen molar-refractivity contribution in [2.75, 3.05) is 26.2 Å². The predicted molar refractivity (Wildman–Crippen MR) is 59.6 cm³/mol. The molecule has 1 aliphatic rings. The summed E-state index contributed by atoms with van der Waals surface area (Å²) in [7, 11) is 0. The monoisotopic (exact) mass is 226 g/mol. The molecule has 0 aliphatic carbocycles. The summed E-state index contributed by atoms with van der Waals surface area (Å²) in [5.41, 5.74) is 0. The second-order valence-electron chi connectivity index (χ2n) is 3.84. The highest BCUT2D eigenvalue weighted by molar-refractivity contribution is 5.83. The van der Waals surface area contributed by atoms with Crippen molar-refractivity contribution >= 4 is 11.8 Å². The molecule has 2 N–H and O–H groups in total. The van der Waals surface area contributed by atoms with Crippen LogP contribution in [0, 0.1) is 5.92 Å². The van der Waals surface area contributed by atoms with Crippen LogP contribution in [0.2, 0.25) is 0 Å². The number of carbonyl (C=O) groups is 2. The predicted octanol–water partition coefficient (Wildman–Crippen LogP) is -0.480. The van der Waals surface area contributed by atoms with E-state index in [-0.39, 0.29) is 24.3 Å². The first-order valence-corrected chi connectivity index (χ1v) is 5.46. The van der Waals surface area contributed by atoms with Crippen molar-refractivity contribution < 1.29 is 14.7 Å². The lowest BCUT2D eigenvalue weighted by Gasteiger charge is -2.28. The van der Waals surface area contributed by atoms with E-state index in [4.69, 9.17) is 5.11 Å². The highest BCUT2D eigenvalue weighted by Crippen LogP contribution is 2.14. The minimum atomic E-state index is -0.163. The molecule has 1 aliphatic heterocycles. The molecule has 0 aromatic rings. The van der Waals surface area contributed by atoms with Crippen LogP contribution in [0.5, 0.6) is 0 Å². The van der Waals surface area contributed by atoms with Gasteiger partial charge in [0.05, 0.1) is 12.5 Å². The fourth-order valence-corrected chi connectivity index (χ4v) is 1.77. The van der Waals surface area contributed by atoms with Gasteiger partial charge in [-0.25, -0.2) is 0 Å². The van der Waals surface area contributed by atoms with Crippen LogP contribution in [0.4, 0.5) is 0 Å². The highest BCUT2D eigenvalue weighted by atomic mass is 16.3. The van der Waals surface area contributed by atoms with E-state index < -0.39 is 0 Å². The Labute approximate surface area is 95.1 Å². The van der Waals surface area contributed by atoms with Crippen LogP contribution in [0.3, 0.4) is 0 Å². The Morgan fingerprint density at radius 1 is 1.69 bits per heavy atom. The van der Waals surface area contributed by atoms with E-state index in [0.717, 1.165) is 0 Å². The Hall–Kier alpha value is -1.36. The van der Waals surface area contributed by atoms with Crippen LogP contribution in [0.25, 0.3) is 0 Å². The SMILES string of the molecule is C=CCN(CCO)C(=O)C1CCC(=O)NC1. The van der Waals surface area contributed by atoms with Crippen LogP contribution in [0.15, 0.2) is 12.7 Å². The molecule has 16 heavy (non-hydrogen) atoms. The molecule has 1 rings (SSSR count). The molecule has 5 heteroatoms. The smallest absolute Gasteiger partial charge is 0.227 e. The molecule has 0 bridgehead atoms. The van der Waals surface area contributed by atoms with Crippen LogP contribution < -0.4 is 5.32 Å². The summed E-state index contributed by atoms with van der Waals surface area (Å²) >= 11 is 0. The summed E-state index contributed by atoms with van der Waals surface area (Å²) in [6.45, 7) is 4.67. The zero-order chi connectivity index (χ0) is 12.0. The number of rotatable bonds is 5. The summed E-state index contributed by atoms with van der Waals surface area (Å²) in [6, 6.07) is 0. The maximum Gasteiger partial charge on any atom is 0.227 e. The van der Waals surface area contributed by atoms with Crippen molar-refractivity contribution in [2.45, 2.75) is 12.8 Å². The van der Waals surface area contributed by atoms with Gasteiger partial charge in [-0.2, -0.15) is 0 Å². The summed E-state index contributed by atoms with van der Waals surface area (Å²) < 4.78 is 0. The Kier molecular flexibility index (Phi) is 4.98. The standard InChI is InChI=1S/C11H18N2O3/c1-2-5-13(6-7-14)11(16)9-3-4-10(15)12-8-9/h2,9,14H,1,3-8H2,(H,12,15). The van der Waals surface area contributed by atoms with E-state index >= 15 is 0 Å². The van der Waals surface area contributed by atoms with Crippen LogP contribution in [0.1, 0.15) is 12.8 Å². The summed E-state index contributed by atoms with van der Waals surface area (Å²) in [6.07, 6.45) is 2.62. The van der Waals surface area contributed by atoms with Gasteiger partial charge in [-0.15, -0.1) is 6.58 Å². The maximum absolute atomic E-state index is 12.0. The fourth-order valence-electron chi connectivity index (χ4n) is 1.77. The third kappa shape index (κ3) is 3.34. The number of piperidine rings is 1. The minimum Gasteiger partial charge on any atom is -0.395 e. The number of aliphatic hydroxyl groups excluding tert-OH is 1. The van der Waals surface area contributed by atoms with E-state index in [0.29, 0.717) is 32.5 Å². The van der Waals surface area contributed by atoms with Crippen molar-refractivity contribution in [1.29, 1.82) is 0 Å². The first kappa shape index (κ1) is 12.7. The molecule has 5 nitrogen and oxygen atoms in total. The molecule has 1 heterocycles. The lowest BCUT2D eigenvalue weighted by molar-refractivity contribution is -0.137. The van der Waals surface area contributed by atoms with E-state index in [2.05, 4.69) is 11.9 Å². The third-order valence-electron chi connectivity index (χ3n) is 2.65. The topological polar surface area (TPSA) is 69.6 Å². The van der Waals surface area contributed by atoms with E-state index in [1.165, 1.54) is 0 Å². The lowest BCUT2D eigenvalue weighted by Crippen LogP contribution is -2.45. The van der Waals surface area contributed by atoms with Gasteiger partial charge in [-0.1, -0.05) is 6.08 Å². The van der Waals surface area contributed by atoms with E-state index in [1.54, 1.807) is 11.0 Å². The molecular weight excluding hydrogens is 208 g/mol. The van der Waals surface area contributed by atoms with Gasteiger partial charge in [-0.3, -0.25) is 9.59 Å². The quantitative estimate of drug-likeness (QED) is 0.622. The number of aliphatic hydroxyl groups is 1. The van der Waals surface area contributed by atoms with Gasteiger partial charge in [-0.05, 0) is 6.42 Å². The van der Waals surface area contributed by atoms with Crippen molar-refractivity contribution in [3.05, 3.63) is 12.7 Å². The summed E-state index contributed by atoms with van der Waals surface area (Å²) in [5, 5.41) is 11.5. The molecule has 0 radical (unpaired) electrons. The van der Waals surface area contributed by atoms with E-state index in [9.17, 15) is 9.59 Å². The Morgan fingerprint density at radius 3 is 2.94 bits per heavy atom. The first-order chi connectivity index (χ1) is 7.69. The number of hydrogen-bond donors (Lipinski definition) is 2. The number of hydrogen-bond acceptors (Lipinski definition) is 3. The zero-order valence-corrected chi connectivity index (χ0v) is 9.32. The van der Waals surface area contributed by atoms with Crippen LogP contribution >= 0.6 is 0 Å². The van der Waals surface area contributed by atoms with Crippen molar-refractivity contribution in [3.8, 4) is 0 Å². The molecule has 1 fully saturated rings. The Balaban J connectivity index is 2.52. The van der Waals surface area contributed by atoms with Gasteiger partial charge in [0.1, 0.15) is 0 Å². The summed E-state index contributed by atoms with van der Waals surface area (Å²) in [5.74, 6) is -0.181. The number of amides is 2. The van der Waals surface area contributed by atoms with Gasteiger partial charge < -0.3 is 15.3 Å². The first-order valence-electron chi connectivity index (χ1n) is 5.46. The zero-order valence-electron chi connectivity index (χ0n) is 9.32. The number of nitrogens with one attached hydrogen (secondary N) is 1. The molecule has 0 spiro atoms. The van der Waals surface area contributed by atoms with Crippen LogP contribution in [-0.4, -0.2) is 48.1 Å². The molecule has 1 unspecified atom stereocenters. The van der Waals surface area contributed by atoms with Gasteiger partial charge in [0.25, 0.3) is 0 Å². The van der Waals surface area contributed by atoms with Gasteiger partial charge in [0.15, 0.2) is 0 Å². The lowest BCUT2D eigenvalue weighted by atomic mass is 9.97. The van der Waals surface area contributed by atoms with Gasteiger partial charge in [0.2, 0.25) is 11.8 Å². The Morgan fingerprint density at radius 2 is 2.44 bits per heavy atom. The van der Waals surface area contributed by atoms with Crippen molar-refractivity contribution in [3.63, 3.8) is 0 Å². The largest absolute Gasteiger partial charge is 0.395 e. The normalized spacial score (nSPS) is 20.1. The molecule has 1 saturated heterocycles. The molecule has 0 aromatic carbocycles. The average Bonchev–Trinajstić information content (AvgIpc) is 2.29. The molecule has 2 amide bonds. The second-order valence-corrected chi connectivity index (χ2v) is 3.84. The minimum absolute atomic E-state index is 0.00137. The molecule has 1 atom stereocenters. The third-order valence-corrected chi connectivity index (χ3v) is 2.65. The average molecular weight is 226 g/mol. The van der Waals surface area contributed by atoms with Crippen molar-refractivity contribution in [2.24, 2.45) is 5.92 Å². The van der Waals surface area contributed by atoms with Crippen LogP contribution in [-0.2, 0) is 9.59 Å². The number of nitrogens with zero attached hydrogens (tertiary/aromatic N) is 1. The molecule has 0 aromatic heterocycles.